The van der Waals surface area contributed by atoms with Crippen LogP contribution >= 0.6 is 0 Å². The van der Waals surface area contributed by atoms with Crippen LogP contribution in [-0.4, -0.2) is 30.5 Å². The van der Waals surface area contributed by atoms with E-state index in [-0.39, 0.29) is 11.2 Å². The summed E-state index contributed by atoms with van der Waals surface area (Å²) < 4.78 is 2.00. The third-order valence-corrected chi connectivity index (χ3v) is 6.62. The standard InChI is InChI=1S/C24H27N5O/c1-16-11-20(27-23(26-16)18-7-8-18)21(30)13-17-5-3-6-19(12-17)24(9-4-10-24)14-22-28-25-15-29(22)2/h3,5-6,11-12,15,18H,4,7-10,13-14H2,1-2H3. The van der Waals surface area contributed by atoms with Gasteiger partial charge in [-0.05, 0) is 49.8 Å². The summed E-state index contributed by atoms with van der Waals surface area (Å²) in [6.45, 7) is 1.94. The lowest BCUT2D eigenvalue weighted by molar-refractivity contribution is 0.0987. The van der Waals surface area contributed by atoms with Crippen molar-refractivity contribution in [1.29, 1.82) is 0 Å². The Bertz CT molecular complexity index is 1090. The lowest BCUT2D eigenvalue weighted by Crippen LogP contribution is -2.37. The molecule has 6 nitrogen and oxygen atoms in total. The van der Waals surface area contributed by atoms with E-state index in [4.69, 9.17) is 0 Å². The van der Waals surface area contributed by atoms with Crippen molar-refractivity contribution in [3.63, 3.8) is 0 Å². The number of benzene rings is 1. The molecule has 0 unspecified atom stereocenters. The molecular formula is C24H27N5O. The van der Waals surface area contributed by atoms with Crippen molar-refractivity contribution in [3.8, 4) is 0 Å². The van der Waals surface area contributed by atoms with Crippen molar-refractivity contribution in [1.82, 2.24) is 24.7 Å². The second-order valence-electron chi connectivity index (χ2n) is 9.00. The Labute approximate surface area is 176 Å². The van der Waals surface area contributed by atoms with E-state index < -0.39 is 0 Å². The maximum absolute atomic E-state index is 13.0. The van der Waals surface area contributed by atoms with Crippen molar-refractivity contribution < 1.29 is 4.79 Å². The Balaban J connectivity index is 1.37. The number of carbonyl (C=O) groups is 1. The predicted molar refractivity (Wildman–Crippen MR) is 113 cm³/mol. The molecule has 0 aliphatic heterocycles. The molecule has 2 saturated carbocycles. The molecule has 3 aromatic rings. The summed E-state index contributed by atoms with van der Waals surface area (Å²) in [6.07, 6.45) is 8.80. The zero-order chi connectivity index (χ0) is 20.7. The molecule has 0 spiro atoms. The average molecular weight is 402 g/mol. The molecule has 154 valence electrons. The van der Waals surface area contributed by atoms with Crippen LogP contribution in [0.5, 0.6) is 0 Å². The van der Waals surface area contributed by atoms with Crippen LogP contribution in [0.15, 0.2) is 36.7 Å². The van der Waals surface area contributed by atoms with Crippen LogP contribution in [0.25, 0.3) is 0 Å². The van der Waals surface area contributed by atoms with Crippen LogP contribution in [0.4, 0.5) is 0 Å². The van der Waals surface area contributed by atoms with E-state index in [0.717, 1.165) is 55.0 Å². The summed E-state index contributed by atoms with van der Waals surface area (Å²) in [5, 5.41) is 8.33. The zero-order valence-electron chi connectivity index (χ0n) is 17.6. The Morgan fingerprint density at radius 1 is 1.20 bits per heavy atom. The number of aryl methyl sites for hydroxylation is 2. The molecule has 2 aromatic heterocycles. The minimum Gasteiger partial charge on any atom is -0.321 e. The monoisotopic (exact) mass is 401 g/mol. The van der Waals surface area contributed by atoms with E-state index in [1.807, 2.05) is 30.7 Å². The van der Waals surface area contributed by atoms with Crippen LogP contribution in [0.1, 0.15) is 77.0 Å². The molecule has 0 bridgehead atoms. The minimum absolute atomic E-state index is 0.0653. The lowest BCUT2D eigenvalue weighted by atomic mass is 9.62. The molecule has 0 radical (unpaired) electrons. The fraction of sp³-hybridized carbons (Fsp3) is 0.458. The molecule has 2 heterocycles. The van der Waals surface area contributed by atoms with Crippen molar-refractivity contribution >= 4 is 5.78 Å². The van der Waals surface area contributed by atoms with Crippen molar-refractivity contribution in [2.75, 3.05) is 0 Å². The third kappa shape index (κ3) is 3.66. The molecule has 0 saturated heterocycles. The highest BCUT2D eigenvalue weighted by Crippen LogP contribution is 2.46. The van der Waals surface area contributed by atoms with Gasteiger partial charge < -0.3 is 4.57 Å². The number of nitrogens with zero attached hydrogens (tertiary/aromatic N) is 5. The topological polar surface area (TPSA) is 73.6 Å². The van der Waals surface area contributed by atoms with Gasteiger partial charge in [-0.1, -0.05) is 30.7 Å². The van der Waals surface area contributed by atoms with E-state index in [9.17, 15) is 4.79 Å². The van der Waals surface area contributed by atoms with Crippen LogP contribution < -0.4 is 0 Å². The van der Waals surface area contributed by atoms with E-state index in [1.165, 1.54) is 12.0 Å². The van der Waals surface area contributed by atoms with Gasteiger partial charge in [-0.2, -0.15) is 0 Å². The van der Waals surface area contributed by atoms with E-state index in [0.29, 0.717) is 18.0 Å². The molecular weight excluding hydrogens is 374 g/mol. The van der Waals surface area contributed by atoms with E-state index in [1.54, 1.807) is 6.33 Å². The van der Waals surface area contributed by atoms with Gasteiger partial charge in [0.1, 0.15) is 23.7 Å². The number of hydrogen-bond donors (Lipinski definition) is 0. The highest BCUT2D eigenvalue weighted by Gasteiger charge is 2.40. The Kier molecular flexibility index (Phi) is 4.72. The Morgan fingerprint density at radius 3 is 2.70 bits per heavy atom. The van der Waals surface area contributed by atoms with Gasteiger partial charge in [0.15, 0.2) is 5.78 Å². The third-order valence-electron chi connectivity index (χ3n) is 6.62. The summed E-state index contributed by atoms with van der Waals surface area (Å²) in [5.74, 6) is 2.36. The van der Waals surface area contributed by atoms with E-state index >= 15 is 0 Å². The van der Waals surface area contributed by atoms with Crippen LogP contribution in [0.2, 0.25) is 0 Å². The van der Waals surface area contributed by atoms with Gasteiger partial charge in [-0.15, -0.1) is 10.2 Å². The highest BCUT2D eigenvalue weighted by molar-refractivity contribution is 5.95. The second kappa shape index (κ2) is 7.42. The summed E-state index contributed by atoms with van der Waals surface area (Å²) in [7, 11) is 2.00. The van der Waals surface area contributed by atoms with Gasteiger partial charge in [0, 0.05) is 36.9 Å². The number of aromatic nitrogens is 5. The molecule has 2 aliphatic carbocycles. The maximum Gasteiger partial charge on any atom is 0.185 e. The number of carbonyl (C=O) groups excluding carboxylic acids is 1. The van der Waals surface area contributed by atoms with Crippen LogP contribution in [0.3, 0.4) is 0 Å². The number of Topliss-reactive ketones (excluding diaryl/α,β-unsaturated/α-hetero) is 1. The normalized spacial score (nSPS) is 17.5. The van der Waals surface area contributed by atoms with Gasteiger partial charge in [-0.25, -0.2) is 9.97 Å². The van der Waals surface area contributed by atoms with Gasteiger partial charge in [0.25, 0.3) is 0 Å². The largest absolute Gasteiger partial charge is 0.321 e. The summed E-state index contributed by atoms with van der Waals surface area (Å²) >= 11 is 0. The van der Waals surface area contributed by atoms with Gasteiger partial charge >= 0.3 is 0 Å². The molecule has 5 rings (SSSR count). The smallest absolute Gasteiger partial charge is 0.185 e. The first-order valence-electron chi connectivity index (χ1n) is 10.8. The lowest BCUT2D eigenvalue weighted by Gasteiger charge is -2.42. The fourth-order valence-electron chi connectivity index (χ4n) is 4.49. The van der Waals surface area contributed by atoms with Crippen molar-refractivity contribution in [3.05, 3.63) is 70.8 Å². The fourth-order valence-corrected chi connectivity index (χ4v) is 4.49. The zero-order valence-corrected chi connectivity index (χ0v) is 17.6. The molecule has 1 aromatic carbocycles. The van der Waals surface area contributed by atoms with Gasteiger partial charge in [0.2, 0.25) is 0 Å². The molecule has 2 fully saturated rings. The van der Waals surface area contributed by atoms with E-state index in [2.05, 4.69) is 38.4 Å². The second-order valence-corrected chi connectivity index (χ2v) is 9.00. The maximum atomic E-state index is 13.0. The minimum atomic E-state index is 0.0653. The first kappa shape index (κ1) is 19.1. The molecule has 0 N–H and O–H groups in total. The Morgan fingerprint density at radius 2 is 2.03 bits per heavy atom. The molecule has 0 atom stereocenters. The van der Waals surface area contributed by atoms with Crippen molar-refractivity contribution in [2.45, 2.75) is 63.2 Å². The average Bonchev–Trinajstić information content (AvgIpc) is 3.47. The Hall–Kier alpha value is -2.89. The predicted octanol–water partition coefficient (Wildman–Crippen LogP) is 3.88. The summed E-state index contributed by atoms with van der Waals surface area (Å²) in [5.41, 5.74) is 3.88. The number of ketones is 1. The number of rotatable bonds is 7. The first-order chi connectivity index (χ1) is 14.5. The molecule has 30 heavy (non-hydrogen) atoms. The summed E-state index contributed by atoms with van der Waals surface area (Å²) in [4.78, 5) is 22.1. The van der Waals surface area contributed by atoms with Gasteiger partial charge in [-0.3, -0.25) is 4.79 Å². The molecule has 2 aliphatic rings. The SMILES string of the molecule is Cc1cc(C(=O)Cc2cccc(C3(Cc4nncn4C)CCC3)c2)nc(C2CC2)n1. The van der Waals surface area contributed by atoms with Crippen LogP contribution in [0, 0.1) is 6.92 Å². The quantitative estimate of drug-likeness (QED) is 0.562. The number of hydrogen-bond acceptors (Lipinski definition) is 5. The van der Waals surface area contributed by atoms with Gasteiger partial charge in [0.05, 0.1) is 0 Å². The van der Waals surface area contributed by atoms with Crippen molar-refractivity contribution in [2.24, 2.45) is 7.05 Å². The first-order valence-corrected chi connectivity index (χ1v) is 10.8. The molecule has 0 amide bonds. The van der Waals surface area contributed by atoms with Crippen LogP contribution in [-0.2, 0) is 25.3 Å². The summed E-state index contributed by atoms with van der Waals surface area (Å²) in [6, 6.07) is 10.4. The molecule has 6 heteroatoms. The highest BCUT2D eigenvalue weighted by atomic mass is 16.1.